The molecule has 4 nitrogen and oxygen atoms in total. The Balaban J connectivity index is 1.94. The third kappa shape index (κ3) is 2.72. The summed E-state index contributed by atoms with van der Waals surface area (Å²) in [5.74, 6) is 1.78. The van der Waals surface area contributed by atoms with E-state index in [1.165, 1.54) is 0 Å². The number of hydrogen-bond donors (Lipinski definition) is 0. The summed E-state index contributed by atoms with van der Waals surface area (Å²) < 4.78 is 5.42. The van der Waals surface area contributed by atoms with Gasteiger partial charge < -0.3 is 9.64 Å². The minimum atomic E-state index is 0.720. The van der Waals surface area contributed by atoms with Crippen LogP contribution in [0.3, 0.4) is 0 Å². The molecule has 4 heteroatoms. The van der Waals surface area contributed by atoms with E-state index in [4.69, 9.17) is 9.72 Å². The van der Waals surface area contributed by atoms with Gasteiger partial charge in [-0.3, -0.25) is 0 Å². The van der Waals surface area contributed by atoms with Gasteiger partial charge >= 0.3 is 0 Å². The normalized spacial score (nSPS) is 10.7. The van der Waals surface area contributed by atoms with E-state index in [1.54, 1.807) is 7.11 Å². The van der Waals surface area contributed by atoms with Crippen LogP contribution in [-0.2, 0) is 6.54 Å². The highest BCUT2D eigenvalue weighted by atomic mass is 16.5. The summed E-state index contributed by atoms with van der Waals surface area (Å²) in [6.07, 6.45) is 0. The number of fused-ring (bicyclic) bond motifs is 1. The molecule has 2 aromatic carbocycles. The summed E-state index contributed by atoms with van der Waals surface area (Å²) in [5.41, 5.74) is 3.89. The number of rotatable bonds is 4. The van der Waals surface area contributed by atoms with Crippen molar-refractivity contribution in [2.75, 3.05) is 19.1 Å². The molecule has 0 saturated carbocycles. The second-order valence-corrected chi connectivity index (χ2v) is 5.29. The van der Waals surface area contributed by atoms with Gasteiger partial charge in [0.05, 0.1) is 23.8 Å². The minimum Gasteiger partial charge on any atom is -0.496 e. The van der Waals surface area contributed by atoms with Crippen LogP contribution in [0.15, 0.2) is 48.5 Å². The molecule has 0 spiro atoms. The van der Waals surface area contributed by atoms with E-state index in [2.05, 4.69) is 16.0 Å². The Morgan fingerprint density at radius 3 is 2.32 bits per heavy atom. The van der Waals surface area contributed by atoms with Gasteiger partial charge in [-0.05, 0) is 25.1 Å². The highest BCUT2D eigenvalue weighted by Crippen LogP contribution is 2.24. The molecular formula is C18H19N3O. The minimum absolute atomic E-state index is 0.720. The van der Waals surface area contributed by atoms with Crippen molar-refractivity contribution in [2.45, 2.75) is 13.5 Å². The van der Waals surface area contributed by atoms with Crippen molar-refractivity contribution >= 4 is 16.9 Å². The number of para-hydroxylation sites is 3. The molecule has 0 fully saturated rings. The molecule has 0 aliphatic rings. The molecule has 0 bridgehead atoms. The van der Waals surface area contributed by atoms with Crippen molar-refractivity contribution in [3.8, 4) is 5.75 Å². The summed E-state index contributed by atoms with van der Waals surface area (Å²) in [4.78, 5) is 11.5. The van der Waals surface area contributed by atoms with Crippen molar-refractivity contribution in [1.82, 2.24) is 9.97 Å². The number of anilines is 1. The number of ether oxygens (including phenoxy) is 1. The highest BCUT2D eigenvalue weighted by Gasteiger charge is 2.12. The zero-order valence-electron chi connectivity index (χ0n) is 13.1. The summed E-state index contributed by atoms with van der Waals surface area (Å²) in [6, 6.07) is 16.0. The number of benzene rings is 2. The number of aromatic nitrogens is 2. The average molecular weight is 293 g/mol. The van der Waals surface area contributed by atoms with Gasteiger partial charge in [0, 0.05) is 19.2 Å². The van der Waals surface area contributed by atoms with Crippen LogP contribution < -0.4 is 9.64 Å². The Bertz CT molecular complexity index is 801. The predicted octanol–water partition coefficient (Wildman–Crippen LogP) is 3.58. The fourth-order valence-electron chi connectivity index (χ4n) is 2.60. The highest BCUT2D eigenvalue weighted by molar-refractivity contribution is 5.76. The van der Waals surface area contributed by atoms with Gasteiger partial charge in [0.2, 0.25) is 0 Å². The molecule has 0 amide bonds. The standard InChI is InChI=1S/C18H19N3O/c1-13-18(20-16-10-6-5-9-15(16)19-13)21(2)12-14-8-4-7-11-17(14)22-3/h4-11H,12H2,1-3H3. The third-order valence-corrected chi connectivity index (χ3v) is 3.68. The van der Waals surface area contributed by atoms with Crippen LogP contribution in [0, 0.1) is 6.92 Å². The maximum Gasteiger partial charge on any atom is 0.150 e. The third-order valence-electron chi connectivity index (χ3n) is 3.68. The zero-order valence-corrected chi connectivity index (χ0v) is 13.1. The molecule has 0 saturated heterocycles. The molecule has 0 aliphatic carbocycles. The molecule has 0 unspecified atom stereocenters. The van der Waals surface area contributed by atoms with Gasteiger partial charge in [-0.1, -0.05) is 30.3 Å². The van der Waals surface area contributed by atoms with Gasteiger partial charge in [-0.15, -0.1) is 0 Å². The Hall–Kier alpha value is -2.62. The van der Waals surface area contributed by atoms with E-state index >= 15 is 0 Å². The first kappa shape index (κ1) is 14.3. The van der Waals surface area contributed by atoms with Gasteiger partial charge in [-0.25, -0.2) is 9.97 Å². The van der Waals surface area contributed by atoms with Crippen LogP contribution in [-0.4, -0.2) is 24.1 Å². The Labute approximate surface area is 130 Å². The van der Waals surface area contributed by atoms with E-state index < -0.39 is 0 Å². The lowest BCUT2D eigenvalue weighted by atomic mass is 10.2. The summed E-state index contributed by atoms with van der Waals surface area (Å²) >= 11 is 0. The molecule has 0 aliphatic heterocycles. The Morgan fingerprint density at radius 2 is 1.59 bits per heavy atom. The summed E-state index contributed by atoms with van der Waals surface area (Å²) in [6.45, 7) is 2.71. The van der Waals surface area contributed by atoms with Crippen LogP contribution in [0.1, 0.15) is 11.3 Å². The largest absolute Gasteiger partial charge is 0.496 e. The molecular weight excluding hydrogens is 274 g/mol. The Morgan fingerprint density at radius 1 is 0.955 bits per heavy atom. The molecule has 1 aromatic heterocycles. The lowest BCUT2D eigenvalue weighted by Crippen LogP contribution is -2.20. The number of methoxy groups -OCH3 is 1. The van der Waals surface area contributed by atoms with Crippen LogP contribution in [0.4, 0.5) is 5.82 Å². The van der Waals surface area contributed by atoms with Gasteiger partial charge in [0.25, 0.3) is 0 Å². The molecule has 3 rings (SSSR count). The van der Waals surface area contributed by atoms with Crippen LogP contribution in [0.5, 0.6) is 5.75 Å². The molecule has 0 radical (unpaired) electrons. The Kier molecular flexibility index (Phi) is 3.92. The number of aryl methyl sites for hydroxylation is 1. The summed E-state index contributed by atoms with van der Waals surface area (Å²) in [7, 11) is 3.72. The van der Waals surface area contributed by atoms with Crippen molar-refractivity contribution in [2.24, 2.45) is 0 Å². The van der Waals surface area contributed by atoms with E-state index in [9.17, 15) is 0 Å². The van der Waals surface area contributed by atoms with Crippen molar-refractivity contribution in [3.63, 3.8) is 0 Å². The fraction of sp³-hybridized carbons (Fsp3) is 0.222. The SMILES string of the molecule is COc1ccccc1CN(C)c1nc2ccccc2nc1C. The smallest absolute Gasteiger partial charge is 0.150 e. The lowest BCUT2D eigenvalue weighted by molar-refractivity contribution is 0.409. The molecule has 112 valence electrons. The van der Waals surface area contributed by atoms with Crippen molar-refractivity contribution in [1.29, 1.82) is 0 Å². The predicted molar refractivity (Wildman–Crippen MR) is 89.4 cm³/mol. The monoisotopic (exact) mass is 293 g/mol. The quantitative estimate of drug-likeness (QED) is 0.737. The van der Waals surface area contributed by atoms with Crippen molar-refractivity contribution < 1.29 is 4.74 Å². The van der Waals surface area contributed by atoms with Crippen LogP contribution in [0.25, 0.3) is 11.0 Å². The molecule has 0 N–H and O–H groups in total. The molecule has 22 heavy (non-hydrogen) atoms. The first-order valence-corrected chi connectivity index (χ1v) is 7.25. The van der Waals surface area contributed by atoms with E-state index in [1.807, 2.05) is 56.4 Å². The first-order valence-electron chi connectivity index (χ1n) is 7.25. The lowest BCUT2D eigenvalue weighted by Gasteiger charge is -2.21. The molecule has 3 aromatic rings. The van der Waals surface area contributed by atoms with E-state index in [0.29, 0.717) is 0 Å². The van der Waals surface area contributed by atoms with Crippen LogP contribution >= 0.6 is 0 Å². The second kappa shape index (κ2) is 6.02. The van der Waals surface area contributed by atoms with Gasteiger partial charge in [0.1, 0.15) is 5.75 Å². The van der Waals surface area contributed by atoms with E-state index in [0.717, 1.165) is 40.4 Å². The van der Waals surface area contributed by atoms with Gasteiger partial charge in [-0.2, -0.15) is 0 Å². The second-order valence-electron chi connectivity index (χ2n) is 5.29. The number of hydrogen-bond acceptors (Lipinski definition) is 4. The van der Waals surface area contributed by atoms with E-state index in [-0.39, 0.29) is 0 Å². The van der Waals surface area contributed by atoms with Gasteiger partial charge in [0.15, 0.2) is 5.82 Å². The fourth-order valence-corrected chi connectivity index (χ4v) is 2.60. The topological polar surface area (TPSA) is 38.2 Å². The van der Waals surface area contributed by atoms with Crippen molar-refractivity contribution in [3.05, 3.63) is 59.8 Å². The molecule has 0 atom stereocenters. The molecule has 1 heterocycles. The summed E-state index contributed by atoms with van der Waals surface area (Å²) in [5, 5.41) is 0. The zero-order chi connectivity index (χ0) is 15.5. The first-order chi connectivity index (χ1) is 10.7. The average Bonchev–Trinajstić information content (AvgIpc) is 2.54. The maximum atomic E-state index is 5.42. The maximum absolute atomic E-state index is 5.42. The van der Waals surface area contributed by atoms with Crippen LogP contribution in [0.2, 0.25) is 0 Å². The number of nitrogens with zero attached hydrogens (tertiary/aromatic N) is 3.